The summed E-state index contributed by atoms with van der Waals surface area (Å²) in [5.41, 5.74) is -0.295. The molecule has 0 N–H and O–H groups in total. The van der Waals surface area contributed by atoms with Gasteiger partial charge in [-0.2, -0.15) is 0 Å². The average Bonchev–Trinajstić information content (AvgIpc) is 1.98. The van der Waals surface area contributed by atoms with E-state index in [-0.39, 0.29) is 18.4 Å². The third-order valence-corrected chi connectivity index (χ3v) is 2.53. The van der Waals surface area contributed by atoms with Crippen LogP contribution in [0.25, 0.3) is 0 Å². The molecule has 1 nitrogen and oxygen atoms in total. The highest BCUT2D eigenvalue weighted by molar-refractivity contribution is 4.86. The molecule has 1 aliphatic carbocycles. The molecule has 0 atom stereocenters. The molecule has 0 aromatic carbocycles. The summed E-state index contributed by atoms with van der Waals surface area (Å²) in [6.07, 6.45) is 0.911. The van der Waals surface area contributed by atoms with E-state index in [4.69, 9.17) is 4.74 Å². The van der Waals surface area contributed by atoms with Gasteiger partial charge in [0.05, 0.1) is 5.60 Å². The van der Waals surface area contributed by atoms with Crippen LogP contribution >= 0.6 is 0 Å². The van der Waals surface area contributed by atoms with Crippen molar-refractivity contribution in [3.8, 4) is 0 Å². The van der Waals surface area contributed by atoms with E-state index < -0.39 is 5.92 Å². The Morgan fingerprint density at radius 1 is 1.17 bits per heavy atom. The SMILES string of the molecule is CCOC1(C)CCC(F)(F)CC1. The van der Waals surface area contributed by atoms with Crippen LogP contribution in [-0.4, -0.2) is 18.1 Å². The van der Waals surface area contributed by atoms with Crippen molar-refractivity contribution in [1.29, 1.82) is 0 Å². The van der Waals surface area contributed by atoms with E-state index in [2.05, 4.69) is 0 Å². The highest BCUT2D eigenvalue weighted by Gasteiger charge is 2.40. The van der Waals surface area contributed by atoms with E-state index in [0.29, 0.717) is 19.4 Å². The molecule has 3 heteroatoms. The summed E-state index contributed by atoms with van der Waals surface area (Å²) in [6.45, 7) is 4.44. The zero-order valence-electron chi connectivity index (χ0n) is 7.70. The first-order chi connectivity index (χ1) is 5.47. The fourth-order valence-electron chi connectivity index (χ4n) is 1.64. The molecule has 0 aromatic heterocycles. The molecule has 0 unspecified atom stereocenters. The molecule has 0 spiro atoms. The molecule has 72 valence electrons. The fourth-order valence-corrected chi connectivity index (χ4v) is 1.64. The first-order valence-electron chi connectivity index (χ1n) is 4.49. The first kappa shape index (κ1) is 9.90. The molecule has 0 aliphatic heterocycles. The number of hydrogen-bond donors (Lipinski definition) is 0. The Kier molecular flexibility index (Phi) is 2.71. The van der Waals surface area contributed by atoms with Crippen LogP contribution in [0.5, 0.6) is 0 Å². The summed E-state index contributed by atoms with van der Waals surface area (Å²) in [5, 5.41) is 0. The van der Waals surface area contributed by atoms with E-state index in [9.17, 15) is 8.78 Å². The fraction of sp³-hybridized carbons (Fsp3) is 1.00. The number of ether oxygens (including phenoxy) is 1. The summed E-state index contributed by atoms with van der Waals surface area (Å²) in [6, 6.07) is 0. The van der Waals surface area contributed by atoms with Crippen molar-refractivity contribution in [2.75, 3.05) is 6.61 Å². The van der Waals surface area contributed by atoms with Gasteiger partial charge >= 0.3 is 0 Å². The first-order valence-corrected chi connectivity index (χ1v) is 4.49. The summed E-state index contributed by atoms with van der Waals surface area (Å²) in [7, 11) is 0. The van der Waals surface area contributed by atoms with E-state index >= 15 is 0 Å². The van der Waals surface area contributed by atoms with Crippen molar-refractivity contribution in [2.45, 2.75) is 51.1 Å². The minimum Gasteiger partial charge on any atom is -0.376 e. The molecule has 0 heterocycles. The Morgan fingerprint density at radius 2 is 1.67 bits per heavy atom. The predicted octanol–water partition coefficient (Wildman–Crippen LogP) is 2.99. The van der Waals surface area contributed by atoms with E-state index in [0.717, 1.165) is 0 Å². The minimum atomic E-state index is -2.45. The molecule has 0 radical (unpaired) electrons. The van der Waals surface area contributed by atoms with Gasteiger partial charge in [0.2, 0.25) is 5.92 Å². The van der Waals surface area contributed by atoms with E-state index in [1.165, 1.54) is 0 Å². The third-order valence-electron chi connectivity index (χ3n) is 2.53. The van der Waals surface area contributed by atoms with Gasteiger partial charge in [0.1, 0.15) is 0 Å². The van der Waals surface area contributed by atoms with Gasteiger partial charge in [-0.05, 0) is 26.7 Å². The number of rotatable bonds is 2. The van der Waals surface area contributed by atoms with E-state index in [1.54, 1.807) is 0 Å². The van der Waals surface area contributed by atoms with Crippen LogP contribution in [0, 0.1) is 0 Å². The maximum Gasteiger partial charge on any atom is 0.248 e. The van der Waals surface area contributed by atoms with Crippen molar-refractivity contribution in [3.63, 3.8) is 0 Å². The Hall–Kier alpha value is -0.180. The molecule has 0 bridgehead atoms. The van der Waals surface area contributed by atoms with Gasteiger partial charge in [-0.1, -0.05) is 0 Å². The number of halogens is 2. The van der Waals surface area contributed by atoms with Gasteiger partial charge < -0.3 is 4.74 Å². The highest BCUT2D eigenvalue weighted by atomic mass is 19.3. The van der Waals surface area contributed by atoms with Gasteiger partial charge in [0.15, 0.2) is 0 Å². The van der Waals surface area contributed by atoms with E-state index in [1.807, 2.05) is 13.8 Å². The van der Waals surface area contributed by atoms with Crippen LogP contribution in [0.15, 0.2) is 0 Å². The van der Waals surface area contributed by atoms with Crippen molar-refractivity contribution < 1.29 is 13.5 Å². The molecule has 0 amide bonds. The second kappa shape index (κ2) is 3.29. The highest BCUT2D eigenvalue weighted by Crippen LogP contribution is 2.39. The monoisotopic (exact) mass is 178 g/mol. The van der Waals surface area contributed by atoms with Gasteiger partial charge in [-0.15, -0.1) is 0 Å². The van der Waals surface area contributed by atoms with Crippen LogP contribution in [0.1, 0.15) is 39.5 Å². The Balaban J connectivity index is 2.44. The van der Waals surface area contributed by atoms with Gasteiger partial charge in [-0.3, -0.25) is 0 Å². The zero-order valence-corrected chi connectivity index (χ0v) is 7.70. The number of alkyl halides is 2. The largest absolute Gasteiger partial charge is 0.376 e. The molecule has 1 saturated carbocycles. The smallest absolute Gasteiger partial charge is 0.248 e. The van der Waals surface area contributed by atoms with Gasteiger partial charge in [0, 0.05) is 19.4 Å². The molecule has 12 heavy (non-hydrogen) atoms. The maximum atomic E-state index is 12.7. The normalized spacial score (nSPS) is 27.0. The summed E-state index contributed by atoms with van der Waals surface area (Å²) in [4.78, 5) is 0. The lowest BCUT2D eigenvalue weighted by Crippen LogP contribution is -2.38. The van der Waals surface area contributed by atoms with Crippen LogP contribution in [-0.2, 0) is 4.74 Å². The molecular weight excluding hydrogens is 162 g/mol. The summed E-state index contributed by atoms with van der Waals surface area (Å²) >= 11 is 0. The molecule has 1 aliphatic rings. The Morgan fingerprint density at radius 3 is 2.08 bits per heavy atom. The Bertz CT molecular complexity index is 147. The van der Waals surface area contributed by atoms with Crippen LogP contribution in [0.3, 0.4) is 0 Å². The topological polar surface area (TPSA) is 9.23 Å². The Labute approximate surface area is 72.1 Å². The van der Waals surface area contributed by atoms with Gasteiger partial charge in [0.25, 0.3) is 0 Å². The van der Waals surface area contributed by atoms with Crippen LogP contribution in [0.4, 0.5) is 8.78 Å². The quantitative estimate of drug-likeness (QED) is 0.631. The van der Waals surface area contributed by atoms with Crippen LogP contribution in [0.2, 0.25) is 0 Å². The minimum absolute atomic E-state index is 0.0243. The lowest BCUT2D eigenvalue weighted by Gasteiger charge is -2.36. The molecule has 1 rings (SSSR count). The van der Waals surface area contributed by atoms with Crippen molar-refractivity contribution in [3.05, 3.63) is 0 Å². The molecule has 0 saturated heterocycles. The van der Waals surface area contributed by atoms with Gasteiger partial charge in [-0.25, -0.2) is 8.78 Å². The predicted molar refractivity (Wildman–Crippen MR) is 43.4 cm³/mol. The zero-order chi connectivity index (χ0) is 9.24. The van der Waals surface area contributed by atoms with Crippen molar-refractivity contribution in [1.82, 2.24) is 0 Å². The number of hydrogen-bond acceptors (Lipinski definition) is 1. The van der Waals surface area contributed by atoms with Crippen LogP contribution < -0.4 is 0 Å². The van der Waals surface area contributed by atoms with Crippen molar-refractivity contribution >= 4 is 0 Å². The maximum absolute atomic E-state index is 12.7. The lowest BCUT2D eigenvalue weighted by molar-refractivity contribution is -0.121. The lowest BCUT2D eigenvalue weighted by atomic mass is 9.84. The third kappa shape index (κ3) is 2.41. The average molecular weight is 178 g/mol. The summed E-state index contributed by atoms with van der Waals surface area (Å²) < 4.78 is 30.9. The molecule has 1 fully saturated rings. The second-order valence-corrected chi connectivity index (χ2v) is 3.74. The molecular formula is C9H16F2O. The second-order valence-electron chi connectivity index (χ2n) is 3.74. The summed E-state index contributed by atoms with van der Waals surface area (Å²) in [5.74, 6) is -2.45. The van der Waals surface area contributed by atoms with Crippen molar-refractivity contribution in [2.24, 2.45) is 0 Å². The standard InChI is InChI=1S/C9H16F2O/c1-3-12-8(2)4-6-9(10,11)7-5-8/h3-7H2,1-2H3. The molecule has 0 aromatic rings.